The van der Waals surface area contributed by atoms with Crippen molar-refractivity contribution in [3.63, 3.8) is 0 Å². The molecule has 1 fully saturated rings. The average molecular weight is 417 g/mol. The van der Waals surface area contributed by atoms with E-state index >= 15 is 0 Å². The first-order valence-electron chi connectivity index (χ1n) is 11.3. The standard InChI is InChI=1S/C24H40N4O2/c1-7-25-23(27-19-12-15-28(16-13-19)22(29)18(2)3)26-14-17-30-21-11-9-8-10-20(21)24(4,5)6/h8-11,18-19H,7,12-17H2,1-6H3,(H2,25,26,27). The molecule has 1 aliphatic rings. The van der Waals surface area contributed by atoms with Crippen LogP contribution in [0, 0.1) is 5.92 Å². The highest BCUT2D eigenvalue weighted by Crippen LogP contribution is 2.30. The molecule has 1 saturated heterocycles. The summed E-state index contributed by atoms with van der Waals surface area (Å²) < 4.78 is 6.04. The normalized spacial score (nSPS) is 16.0. The Kier molecular flexibility index (Phi) is 9.00. The van der Waals surface area contributed by atoms with E-state index < -0.39 is 0 Å². The van der Waals surface area contributed by atoms with E-state index in [1.165, 1.54) is 5.56 Å². The van der Waals surface area contributed by atoms with Gasteiger partial charge in [0.05, 0.1) is 6.54 Å². The lowest BCUT2D eigenvalue weighted by Crippen LogP contribution is -2.50. The Bertz CT molecular complexity index is 701. The van der Waals surface area contributed by atoms with Gasteiger partial charge in [-0.1, -0.05) is 52.8 Å². The number of carbonyl (C=O) groups is 1. The first-order valence-corrected chi connectivity index (χ1v) is 11.3. The Balaban J connectivity index is 1.85. The monoisotopic (exact) mass is 416 g/mol. The number of carbonyl (C=O) groups excluding carboxylic acids is 1. The highest BCUT2D eigenvalue weighted by Gasteiger charge is 2.24. The summed E-state index contributed by atoms with van der Waals surface area (Å²) in [5.41, 5.74) is 1.25. The van der Waals surface area contributed by atoms with E-state index in [-0.39, 0.29) is 17.2 Å². The number of para-hydroxylation sites is 1. The summed E-state index contributed by atoms with van der Waals surface area (Å²) >= 11 is 0. The second-order valence-electron chi connectivity index (χ2n) is 9.25. The highest BCUT2D eigenvalue weighted by atomic mass is 16.5. The maximum atomic E-state index is 12.2. The molecule has 0 aliphatic carbocycles. The third-order valence-corrected chi connectivity index (χ3v) is 5.30. The molecule has 30 heavy (non-hydrogen) atoms. The highest BCUT2D eigenvalue weighted by molar-refractivity contribution is 5.80. The topological polar surface area (TPSA) is 66.0 Å². The molecule has 0 unspecified atom stereocenters. The van der Waals surface area contributed by atoms with Crippen LogP contribution in [0.3, 0.4) is 0 Å². The Morgan fingerprint density at radius 1 is 1.23 bits per heavy atom. The van der Waals surface area contributed by atoms with Crippen LogP contribution < -0.4 is 15.4 Å². The Morgan fingerprint density at radius 2 is 1.90 bits per heavy atom. The molecule has 0 radical (unpaired) electrons. The zero-order valence-corrected chi connectivity index (χ0v) is 19.6. The molecule has 1 aliphatic heterocycles. The molecule has 0 spiro atoms. The molecule has 0 atom stereocenters. The summed E-state index contributed by atoms with van der Waals surface area (Å²) in [6.45, 7) is 16.1. The third-order valence-electron chi connectivity index (χ3n) is 5.30. The molecular weight excluding hydrogens is 376 g/mol. The predicted molar refractivity (Wildman–Crippen MR) is 124 cm³/mol. The number of amides is 1. The molecule has 168 valence electrons. The van der Waals surface area contributed by atoms with Gasteiger partial charge in [0.1, 0.15) is 12.4 Å². The fraction of sp³-hybridized carbons (Fsp3) is 0.667. The molecule has 6 heteroatoms. The molecule has 2 N–H and O–H groups in total. The van der Waals surface area contributed by atoms with Gasteiger partial charge in [-0.15, -0.1) is 0 Å². The zero-order valence-electron chi connectivity index (χ0n) is 19.6. The quantitative estimate of drug-likeness (QED) is 0.405. The molecule has 2 rings (SSSR count). The minimum Gasteiger partial charge on any atom is -0.491 e. The molecule has 0 saturated carbocycles. The largest absolute Gasteiger partial charge is 0.491 e. The lowest BCUT2D eigenvalue weighted by atomic mass is 9.86. The number of piperidine rings is 1. The Labute approximate surface area is 182 Å². The lowest BCUT2D eigenvalue weighted by molar-refractivity contribution is -0.135. The van der Waals surface area contributed by atoms with E-state index in [4.69, 9.17) is 4.74 Å². The van der Waals surface area contributed by atoms with Gasteiger partial charge in [0.2, 0.25) is 5.91 Å². The van der Waals surface area contributed by atoms with Crippen molar-refractivity contribution < 1.29 is 9.53 Å². The van der Waals surface area contributed by atoms with Crippen molar-refractivity contribution in [2.75, 3.05) is 32.8 Å². The van der Waals surface area contributed by atoms with Crippen LogP contribution in [-0.2, 0) is 10.2 Å². The second kappa shape index (κ2) is 11.2. The van der Waals surface area contributed by atoms with Gasteiger partial charge in [0.15, 0.2) is 5.96 Å². The summed E-state index contributed by atoms with van der Waals surface area (Å²) in [5.74, 6) is 2.07. The summed E-state index contributed by atoms with van der Waals surface area (Å²) in [6.07, 6.45) is 1.89. The maximum Gasteiger partial charge on any atom is 0.225 e. The number of nitrogens with zero attached hydrogens (tertiary/aromatic N) is 2. The first-order chi connectivity index (χ1) is 14.2. The van der Waals surface area contributed by atoms with Crippen molar-refractivity contribution in [3.8, 4) is 5.75 Å². The molecule has 0 bridgehead atoms. The molecule has 1 amide bonds. The summed E-state index contributed by atoms with van der Waals surface area (Å²) in [4.78, 5) is 18.8. The number of hydrogen-bond acceptors (Lipinski definition) is 3. The van der Waals surface area contributed by atoms with Crippen LogP contribution in [-0.4, -0.2) is 55.6 Å². The van der Waals surface area contributed by atoms with E-state index in [2.05, 4.69) is 55.5 Å². The number of ether oxygens (including phenoxy) is 1. The number of aliphatic imine (C=N–C) groups is 1. The molecule has 1 aromatic carbocycles. The van der Waals surface area contributed by atoms with Gasteiger partial charge in [0, 0.05) is 31.6 Å². The molecule has 1 heterocycles. The molecule has 0 aromatic heterocycles. The lowest BCUT2D eigenvalue weighted by Gasteiger charge is -2.34. The summed E-state index contributed by atoms with van der Waals surface area (Å²) in [6, 6.07) is 8.55. The minimum atomic E-state index is 0.0438. The van der Waals surface area contributed by atoms with Crippen LogP contribution in [0.4, 0.5) is 0 Å². The van der Waals surface area contributed by atoms with E-state index in [1.807, 2.05) is 30.9 Å². The number of likely N-dealkylation sites (tertiary alicyclic amines) is 1. The first kappa shape index (κ1) is 24.0. The maximum absolute atomic E-state index is 12.2. The number of hydrogen-bond donors (Lipinski definition) is 2. The molecule has 6 nitrogen and oxygen atoms in total. The Hall–Kier alpha value is -2.24. The van der Waals surface area contributed by atoms with Gasteiger partial charge < -0.3 is 20.3 Å². The number of nitrogens with one attached hydrogen (secondary N) is 2. The van der Waals surface area contributed by atoms with Crippen LogP contribution in [0.1, 0.15) is 59.9 Å². The van der Waals surface area contributed by atoms with Gasteiger partial charge in [-0.25, -0.2) is 4.99 Å². The third kappa shape index (κ3) is 7.22. The van der Waals surface area contributed by atoms with Crippen LogP contribution in [0.25, 0.3) is 0 Å². The van der Waals surface area contributed by atoms with E-state index in [0.717, 1.165) is 44.2 Å². The number of guanidine groups is 1. The van der Waals surface area contributed by atoms with Gasteiger partial charge >= 0.3 is 0 Å². The van der Waals surface area contributed by atoms with Gasteiger partial charge in [-0.3, -0.25) is 4.79 Å². The smallest absolute Gasteiger partial charge is 0.225 e. The number of rotatable bonds is 7. The summed E-state index contributed by atoms with van der Waals surface area (Å²) in [5, 5.41) is 6.84. The van der Waals surface area contributed by atoms with Crippen molar-refractivity contribution in [1.29, 1.82) is 0 Å². The number of benzene rings is 1. The van der Waals surface area contributed by atoms with Crippen molar-refractivity contribution >= 4 is 11.9 Å². The van der Waals surface area contributed by atoms with E-state index in [0.29, 0.717) is 19.2 Å². The minimum absolute atomic E-state index is 0.0438. The molecular formula is C24H40N4O2. The fourth-order valence-electron chi connectivity index (χ4n) is 3.65. The van der Waals surface area contributed by atoms with Crippen LogP contribution in [0.2, 0.25) is 0 Å². The van der Waals surface area contributed by atoms with Crippen molar-refractivity contribution in [2.45, 2.75) is 65.8 Å². The summed E-state index contributed by atoms with van der Waals surface area (Å²) in [7, 11) is 0. The predicted octanol–water partition coefficient (Wildman–Crippen LogP) is 3.57. The van der Waals surface area contributed by atoms with Gasteiger partial charge in [-0.05, 0) is 36.8 Å². The van der Waals surface area contributed by atoms with Crippen LogP contribution in [0.5, 0.6) is 5.75 Å². The van der Waals surface area contributed by atoms with Gasteiger partial charge in [-0.2, -0.15) is 0 Å². The van der Waals surface area contributed by atoms with Crippen molar-refractivity contribution in [2.24, 2.45) is 10.9 Å². The Morgan fingerprint density at radius 3 is 2.50 bits per heavy atom. The van der Waals surface area contributed by atoms with Gasteiger partial charge in [0.25, 0.3) is 0 Å². The van der Waals surface area contributed by atoms with Crippen molar-refractivity contribution in [1.82, 2.24) is 15.5 Å². The fourth-order valence-corrected chi connectivity index (χ4v) is 3.65. The SMILES string of the molecule is CCNC(=NCCOc1ccccc1C(C)(C)C)NC1CCN(C(=O)C(C)C)CC1. The van der Waals surface area contributed by atoms with E-state index in [1.54, 1.807) is 0 Å². The zero-order chi connectivity index (χ0) is 22.1. The molecule has 1 aromatic rings. The van der Waals surface area contributed by atoms with E-state index in [9.17, 15) is 4.79 Å². The van der Waals surface area contributed by atoms with Crippen molar-refractivity contribution in [3.05, 3.63) is 29.8 Å². The van der Waals surface area contributed by atoms with Crippen LogP contribution in [0.15, 0.2) is 29.3 Å². The second-order valence-corrected chi connectivity index (χ2v) is 9.25. The van der Waals surface area contributed by atoms with Crippen LogP contribution >= 0.6 is 0 Å². The average Bonchev–Trinajstić information content (AvgIpc) is 2.71.